The third-order valence-corrected chi connectivity index (χ3v) is 5.69. The summed E-state index contributed by atoms with van der Waals surface area (Å²) < 4.78 is 5.51. The summed E-state index contributed by atoms with van der Waals surface area (Å²) in [6, 6.07) is 26.6. The highest BCUT2D eigenvalue weighted by Crippen LogP contribution is 2.20. The lowest BCUT2D eigenvalue weighted by Gasteiger charge is -2.32. The number of piperazine rings is 1. The second kappa shape index (κ2) is 9.59. The standard InChI is InChI=1S/C26H28N2O2/c1-2-30-25-14-8-21(9-15-25)20-27-16-18-28(19-17-27)26(29)24-12-10-23(11-13-24)22-6-4-3-5-7-22/h3-15H,2,16-20H2,1H3/p+1. The van der Waals surface area contributed by atoms with E-state index in [1.165, 1.54) is 16.0 Å². The van der Waals surface area contributed by atoms with Crippen molar-refractivity contribution in [2.45, 2.75) is 13.5 Å². The van der Waals surface area contributed by atoms with Crippen molar-refractivity contribution in [3.05, 3.63) is 90.0 Å². The summed E-state index contributed by atoms with van der Waals surface area (Å²) in [4.78, 5) is 16.4. The first-order valence-corrected chi connectivity index (χ1v) is 10.7. The number of carbonyl (C=O) groups excluding carboxylic acids is 1. The molecule has 0 radical (unpaired) electrons. The summed E-state index contributed by atoms with van der Waals surface area (Å²) in [5.74, 6) is 1.06. The van der Waals surface area contributed by atoms with Crippen LogP contribution >= 0.6 is 0 Å². The fourth-order valence-electron chi connectivity index (χ4n) is 3.98. The number of ether oxygens (including phenoxy) is 1. The molecule has 1 amide bonds. The van der Waals surface area contributed by atoms with Crippen molar-refractivity contribution in [1.29, 1.82) is 0 Å². The van der Waals surface area contributed by atoms with E-state index in [0.717, 1.165) is 49.6 Å². The van der Waals surface area contributed by atoms with Gasteiger partial charge in [-0.15, -0.1) is 0 Å². The predicted octanol–water partition coefficient (Wildman–Crippen LogP) is 3.29. The molecule has 1 fully saturated rings. The van der Waals surface area contributed by atoms with Gasteiger partial charge in [0.2, 0.25) is 0 Å². The van der Waals surface area contributed by atoms with Crippen LogP contribution in [0.4, 0.5) is 0 Å². The highest BCUT2D eigenvalue weighted by Gasteiger charge is 2.24. The van der Waals surface area contributed by atoms with Gasteiger partial charge < -0.3 is 14.5 Å². The van der Waals surface area contributed by atoms with Crippen molar-refractivity contribution in [1.82, 2.24) is 4.90 Å². The number of amides is 1. The van der Waals surface area contributed by atoms with Crippen molar-refractivity contribution in [2.24, 2.45) is 0 Å². The molecule has 0 unspecified atom stereocenters. The van der Waals surface area contributed by atoms with Gasteiger partial charge in [-0.3, -0.25) is 4.79 Å². The third kappa shape index (κ3) is 4.89. The fourth-order valence-corrected chi connectivity index (χ4v) is 3.98. The van der Waals surface area contributed by atoms with Gasteiger partial charge in [-0.2, -0.15) is 0 Å². The maximum atomic E-state index is 12.9. The van der Waals surface area contributed by atoms with E-state index in [4.69, 9.17) is 4.74 Å². The summed E-state index contributed by atoms with van der Waals surface area (Å²) in [6.45, 7) is 7.21. The van der Waals surface area contributed by atoms with Gasteiger partial charge in [0.15, 0.2) is 0 Å². The molecule has 0 atom stereocenters. The first-order valence-electron chi connectivity index (χ1n) is 10.7. The van der Waals surface area contributed by atoms with Gasteiger partial charge in [-0.1, -0.05) is 42.5 Å². The molecule has 0 saturated carbocycles. The molecule has 154 valence electrons. The predicted molar refractivity (Wildman–Crippen MR) is 120 cm³/mol. The van der Waals surface area contributed by atoms with Gasteiger partial charge in [0.05, 0.1) is 32.8 Å². The third-order valence-electron chi connectivity index (χ3n) is 5.69. The van der Waals surface area contributed by atoms with Crippen molar-refractivity contribution >= 4 is 5.91 Å². The van der Waals surface area contributed by atoms with Crippen LogP contribution in [0.15, 0.2) is 78.9 Å². The minimum atomic E-state index is 0.134. The molecular formula is C26H29N2O2+. The van der Waals surface area contributed by atoms with Crippen molar-refractivity contribution < 1.29 is 14.4 Å². The van der Waals surface area contributed by atoms with Crippen LogP contribution in [-0.2, 0) is 6.54 Å². The van der Waals surface area contributed by atoms with Gasteiger partial charge in [0.25, 0.3) is 5.91 Å². The Balaban J connectivity index is 1.31. The maximum Gasteiger partial charge on any atom is 0.254 e. The van der Waals surface area contributed by atoms with E-state index in [1.54, 1.807) is 0 Å². The zero-order chi connectivity index (χ0) is 20.8. The van der Waals surface area contributed by atoms with Crippen LogP contribution in [0.25, 0.3) is 11.1 Å². The molecule has 0 aliphatic carbocycles. The van der Waals surface area contributed by atoms with Crippen molar-refractivity contribution in [3.8, 4) is 16.9 Å². The molecule has 4 nitrogen and oxygen atoms in total. The second-order valence-corrected chi connectivity index (χ2v) is 7.74. The molecule has 1 N–H and O–H groups in total. The lowest BCUT2D eigenvalue weighted by molar-refractivity contribution is -0.917. The molecule has 4 rings (SSSR count). The summed E-state index contributed by atoms with van der Waals surface area (Å²) in [6.07, 6.45) is 0. The first-order chi connectivity index (χ1) is 14.7. The molecule has 3 aromatic rings. The Morgan fingerprint density at radius 1 is 0.867 bits per heavy atom. The number of benzene rings is 3. The number of hydrogen-bond acceptors (Lipinski definition) is 2. The van der Waals surface area contributed by atoms with Crippen LogP contribution in [-0.4, -0.2) is 43.6 Å². The monoisotopic (exact) mass is 401 g/mol. The van der Waals surface area contributed by atoms with Crippen LogP contribution in [0.3, 0.4) is 0 Å². The average Bonchev–Trinajstić information content (AvgIpc) is 2.81. The number of rotatable bonds is 6. The molecule has 0 bridgehead atoms. The van der Waals surface area contributed by atoms with E-state index in [2.05, 4.69) is 24.3 Å². The Bertz CT molecular complexity index is 945. The molecular weight excluding hydrogens is 372 g/mol. The van der Waals surface area contributed by atoms with Crippen LogP contribution in [0, 0.1) is 0 Å². The average molecular weight is 402 g/mol. The number of quaternary nitrogens is 1. The molecule has 1 saturated heterocycles. The Labute approximate surface area is 178 Å². The quantitative estimate of drug-likeness (QED) is 0.688. The number of hydrogen-bond donors (Lipinski definition) is 1. The summed E-state index contributed by atoms with van der Waals surface area (Å²) in [5.41, 5.74) is 4.38. The van der Waals surface area contributed by atoms with Gasteiger partial charge >= 0.3 is 0 Å². The van der Waals surface area contributed by atoms with Crippen LogP contribution in [0.5, 0.6) is 5.75 Å². The van der Waals surface area contributed by atoms with Gasteiger partial charge in [-0.05, 0) is 54.4 Å². The Kier molecular flexibility index (Phi) is 6.45. The van der Waals surface area contributed by atoms with Crippen LogP contribution in [0.1, 0.15) is 22.8 Å². The normalized spacial score (nSPS) is 14.5. The van der Waals surface area contributed by atoms with E-state index in [-0.39, 0.29) is 5.91 Å². The highest BCUT2D eigenvalue weighted by atomic mass is 16.5. The fraction of sp³-hybridized carbons (Fsp3) is 0.269. The lowest BCUT2D eigenvalue weighted by atomic mass is 10.0. The molecule has 4 heteroatoms. The molecule has 30 heavy (non-hydrogen) atoms. The Morgan fingerprint density at radius 3 is 2.13 bits per heavy atom. The summed E-state index contributed by atoms with van der Waals surface area (Å²) in [5, 5.41) is 0. The second-order valence-electron chi connectivity index (χ2n) is 7.74. The smallest absolute Gasteiger partial charge is 0.254 e. The van der Waals surface area contributed by atoms with Crippen molar-refractivity contribution in [3.63, 3.8) is 0 Å². The van der Waals surface area contributed by atoms with Gasteiger partial charge in [-0.25, -0.2) is 0 Å². The van der Waals surface area contributed by atoms with E-state index in [9.17, 15) is 4.79 Å². The number of nitrogens with one attached hydrogen (secondary N) is 1. The first kappa shape index (κ1) is 20.2. The number of carbonyl (C=O) groups is 1. The lowest BCUT2D eigenvalue weighted by Crippen LogP contribution is -3.13. The largest absolute Gasteiger partial charge is 0.494 e. The zero-order valence-corrected chi connectivity index (χ0v) is 17.5. The molecule has 1 aliphatic heterocycles. The highest BCUT2D eigenvalue weighted by molar-refractivity contribution is 5.94. The minimum absolute atomic E-state index is 0.134. The van der Waals surface area contributed by atoms with Crippen molar-refractivity contribution in [2.75, 3.05) is 32.8 Å². The number of nitrogens with zero attached hydrogens (tertiary/aromatic N) is 1. The molecule has 0 spiro atoms. The molecule has 1 aliphatic rings. The SMILES string of the molecule is CCOc1ccc(C[NH+]2CCN(C(=O)c3ccc(-c4ccccc4)cc3)CC2)cc1. The van der Waals surface area contributed by atoms with E-state index < -0.39 is 0 Å². The Morgan fingerprint density at radius 2 is 1.50 bits per heavy atom. The topological polar surface area (TPSA) is 34.0 Å². The molecule has 1 heterocycles. The zero-order valence-electron chi connectivity index (χ0n) is 17.5. The minimum Gasteiger partial charge on any atom is -0.494 e. The van der Waals surface area contributed by atoms with E-state index in [1.807, 2.05) is 66.4 Å². The summed E-state index contributed by atoms with van der Waals surface area (Å²) in [7, 11) is 0. The van der Waals surface area contributed by atoms with Gasteiger partial charge in [0, 0.05) is 11.1 Å². The maximum absolute atomic E-state index is 12.9. The Hall–Kier alpha value is -3.11. The van der Waals surface area contributed by atoms with Gasteiger partial charge in [0.1, 0.15) is 12.3 Å². The summed E-state index contributed by atoms with van der Waals surface area (Å²) >= 11 is 0. The van der Waals surface area contributed by atoms with E-state index in [0.29, 0.717) is 6.61 Å². The van der Waals surface area contributed by atoms with Crippen LogP contribution in [0.2, 0.25) is 0 Å². The molecule has 0 aromatic heterocycles. The molecule has 3 aromatic carbocycles. The van der Waals surface area contributed by atoms with Crippen LogP contribution < -0.4 is 9.64 Å². The van der Waals surface area contributed by atoms with E-state index >= 15 is 0 Å².